The van der Waals surface area contributed by atoms with Crippen molar-refractivity contribution in [3.63, 3.8) is 0 Å². The lowest BCUT2D eigenvalue weighted by atomic mass is 10.0. The summed E-state index contributed by atoms with van der Waals surface area (Å²) in [6, 6.07) is 5.66. The second kappa shape index (κ2) is 7.32. The van der Waals surface area contributed by atoms with Gasteiger partial charge >= 0.3 is 0 Å². The van der Waals surface area contributed by atoms with Gasteiger partial charge in [0.05, 0.1) is 10.0 Å². The van der Waals surface area contributed by atoms with Crippen LogP contribution in [0.2, 0.25) is 28.2 Å². The van der Waals surface area contributed by atoms with Crippen LogP contribution in [0.1, 0.15) is 39.2 Å². The highest BCUT2D eigenvalue weighted by molar-refractivity contribution is 6.74. The SMILES string of the molecule is C=C(CCCO[Si](C)(C)C(C)(C)C)c1ccc(Cl)c(Cl)c1. The molecule has 118 valence electrons. The van der Waals surface area contributed by atoms with Gasteiger partial charge in [-0.1, -0.05) is 56.6 Å². The van der Waals surface area contributed by atoms with Crippen molar-refractivity contribution in [1.82, 2.24) is 0 Å². The van der Waals surface area contributed by atoms with Crippen LogP contribution in [0.25, 0.3) is 5.57 Å². The first-order valence-corrected chi connectivity index (χ1v) is 11.0. The van der Waals surface area contributed by atoms with Gasteiger partial charge in [0, 0.05) is 6.61 Å². The largest absolute Gasteiger partial charge is 0.417 e. The zero-order valence-corrected chi connectivity index (χ0v) is 16.2. The lowest BCUT2D eigenvalue weighted by molar-refractivity contribution is 0.284. The molecular weight excluding hydrogens is 319 g/mol. The van der Waals surface area contributed by atoms with Crippen LogP contribution >= 0.6 is 23.2 Å². The smallest absolute Gasteiger partial charge is 0.191 e. The molecule has 0 saturated heterocycles. The second-order valence-electron chi connectivity index (χ2n) is 6.94. The summed E-state index contributed by atoms with van der Waals surface area (Å²) in [5.74, 6) is 0. The zero-order chi connectivity index (χ0) is 16.3. The van der Waals surface area contributed by atoms with Crippen molar-refractivity contribution in [2.24, 2.45) is 0 Å². The highest BCUT2D eigenvalue weighted by atomic mass is 35.5. The number of hydrogen-bond acceptors (Lipinski definition) is 1. The molecule has 0 unspecified atom stereocenters. The number of rotatable bonds is 6. The van der Waals surface area contributed by atoms with E-state index in [0.29, 0.717) is 10.0 Å². The molecule has 0 atom stereocenters. The molecule has 0 amide bonds. The summed E-state index contributed by atoms with van der Waals surface area (Å²) in [4.78, 5) is 0. The Kier molecular flexibility index (Phi) is 6.54. The quantitative estimate of drug-likeness (QED) is 0.406. The summed E-state index contributed by atoms with van der Waals surface area (Å²) in [7, 11) is -1.64. The van der Waals surface area contributed by atoms with E-state index in [4.69, 9.17) is 27.6 Å². The van der Waals surface area contributed by atoms with Gasteiger partial charge in [0.2, 0.25) is 0 Å². The van der Waals surface area contributed by atoms with Gasteiger partial charge in [-0.05, 0) is 54.2 Å². The molecule has 1 aromatic carbocycles. The van der Waals surface area contributed by atoms with Gasteiger partial charge in [-0.2, -0.15) is 0 Å². The fourth-order valence-corrected chi connectivity index (χ4v) is 3.08. The van der Waals surface area contributed by atoms with Crippen molar-refractivity contribution in [2.45, 2.75) is 51.7 Å². The minimum absolute atomic E-state index is 0.258. The van der Waals surface area contributed by atoms with Crippen LogP contribution in [0.3, 0.4) is 0 Å². The molecule has 0 fully saturated rings. The van der Waals surface area contributed by atoms with Crippen molar-refractivity contribution >= 4 is 37.1 Å². The molecule has 4 heteroatoms. The lowest BCUT2D eigenvalue weighted by Crippen LogP contribution is -2.40. The van der Waals surface area contributed by atoms with E-state index in [1.54, 1.807) is 0 Å². The summed E-state index contributed by atoms with van der Waals surface area (Å²) < 4.78 is 6.17. The van der Waals surface area contributed by atoms with Crippen LogP contribution in [-0.4, -0.2) is 14.9 Å². The van der Waals surface area contributed by atoms with Crippen LogP contribution in [0, 0.1) is 0 Å². The van der Waals surface area contributed by atoms with Gasteiger partial charge in [0.25, 0.3) is 0 Å². The van der Waals surface area contributed by atoms with E-state index in [2.05, 4.69) is 40.4 Å². The maximum Gasteiger partial charge on any atom is 0.191 e. The van der Waals surface area contributed by atoms with Crippen LogP contribution in [0.4, 0.5) is 0 Å². The highest BCUT2D eigenvalue weighted by Crippen LogP contribution is 2.36. The van der Waals surface area contributed by atoms with Gasteiger partial charge in [-0.15, -0.1) is 0 Å². The monoisotopic (exact) mass is 344 g/mol. The van der Waals surface area contributed by atoms with Crippen LogP contribution < -0.4 is 0 Å². The summed E-state index contributed by atoms with van der Waals surface area (Å²) in [6.07, 6.45) is 1.89. The predicted octanol–water partition coefficient (Wildman–Crippen LogP) is 6.81. The van der Waals surface area contributed by atoms with E-state index < -0.39 is 8.32 Å². The topological polar surface area (TPSA) is 9.23 Å². The molecule has 0 bridgehead atoms. The standard InChI is InChI=1S/C17H26Cl2OSi/c1-13(14-9-10-15(18)16(19)12-14)8-7-11-20-21(5,6)17(2,3)4/h9-10,12H,1,7-8,11H2,2-6H3. The van der Waals surface area contributed by atoms with Crippen LogP contribution in [0.5, 0.6) is 0 Å². The van der Waals surface area contributed by atoms with Gasteiger partial charge in [0.1, 0.15) is 0 Å². The van der Waals surface area contributed by atoms with E-state index in [1.807, 2.05) is 18.2 Å². The van der Waals surface area contributed by atoms with Gasteiger partial charge < -0.3 is 4.43 Å². The third kappa shape index (κ3) is 5.44. The minimum Gasteiger partial charge on any atom is -0.417 e. The van der Waals surface area contributed by atoms with Crippen molar-refractivity contribution in [3.8, 4) is 0 Å². The Morgan fingerprint density at radius 1 is 1.19 bits per heavy atom. The normalized spacial score (nSPS) is 12.5. The van der Waals surface area contributed by atoms with E-state index in [0.717, 1.165) is 30.6 Å². The molecule has 0 aliphatic heterocycles. The molecule has 0 aromatic heterocycles. The summed E-state index contributed by atoms with van der Waals surface area (Å²) in [5, 5.41) is 1.41. The van der Waals surface area contributed by atoms with Gasteiger partial charge in [-0.3, -0.25) is 0 Å². The highest BCUT2D eigenvalue weighted by Gasteiger charge is 2.36. The second-order valence-corrected chi connectivity index (χ2v) is 12.6. The molecule has 1 nitrogen and oxygen atoms in total. The molecule has 0 aliphatic carbocycles. The maximum absolute atomic E-state index is 6.17. The van der Waals surface area contributed by atoms with Crippen molar-refractivity contribution in [1.29, 1.82) is 0 Å². The number of halogens is 2. The molecule has 1 rings (SSSR count). The first-order valence-electron chi connectivity index (χ1n) is 7.32. The number of allylic oxidation sites excluding steroid dienone is 1. The molecule has 0 aliphatic rings. The van der Waals surface area contributed by atoms with E-state index in [9.17, 15) is 0 Å². The third-order valence-corrected chi connectivity index (χ3v) is 9.50. The average molecular weight is 345 g/mol. The number of hydrogen-bond donors (Lipinski definition) is 0. The molecule has 0 heterocycles. The van der Waals surface area contributed by atoms with E-state index in [1.165, 1.54) is 0 Å². The van der Waals surface area contributed by atoms with Gasteiger partial charge in [-0.25, -0.2) is 0 Å². The first kappa shape index (κ1) is 18.8. The summed E-state index contributed by atoms with van der Waals surface area (Å²) in [5.41, 5.74) is 2.13. The predicted molar refractivity (Wildman–Crippen MR) is 97.9 cm³/mol. The Hall–Kier alpha value is -0.283. The molecule has 0 radical (unpaired) electrons. The van der Waals surface area contributed by atoms with E-state index >= 15 is 0 Å². The average Bonchev–Trinajstić information content (AvgIpc) is 2.36. The maximum atomic E-state index is 6.17. The van der Waals surface area contributed by atoms with E-state index in [-0.39, 0.29) is 5.04 Å². The Balaban J connectivity index is 2.46. The first-order chi connectivity index (χ1) is 9.54. The Morgan fingerprint density at radius 2 is 1.81 bits per heavy atom. The third-order valence-electron chi connectivity index (χ3n) is 4.22. The molecule has 0 spiro atoms. The zero-order valence-electron chi connectivity index (χ0n) is 13.7. The fraction of sp³-hybridized carbons (Fsp3) is 0.529. The van der Waals surface area contributed by atoms with Gasteiger partial charge in [0.15, 0.2) is 8.32 Å². The van der Waals surface area contributed by atoms with Crippen molar-refractivity contribution in [3.05, 3.63) is 40.4 Å². The van der Waals surface area contributed by atoms with Crippen LogP contribution in [0.15, 0.2) is 24.8 Å². The molecular formula is C17H26Cl2OSi. The molecule has 21 heavy (non-hydrogen) atoms. The molecule has 0 N–H and O–H groups in total. The lowest BCUT2D eigenvalue weighted by Gasteiger charge is -2.36. The minimum atomic E-state index is -1.64. The molecule has 1 aromatic rings. The van der Waals surface area contributed by atoms with Crippen LogP contribution in [-0.2, 0) is 4.43 Å². The summed E-state index contributed by atoms with van der Waals surface area (Å²) in [6.45, 7) is 16.3. The summed E-state index contributed by atoms with van der Waals surface area (Å²) >= 11 is 12.0. The number of benzene rings is 1. The Labute approximate surface area is 140 Å². The fourth-order valence-electron chi connectivity index (χ4n) is 1.69. The Morgan fingerprint density at radius 3 is 2.33 bits per heavy atom. The van der Waals surface area contributed by atoms with Crippen molar-refractivity contribution < 1.29 is 4.43 Å². The molecule has 0 saturated carbocycles. The van der Waals surface area contributed by atoms with Crippen molar-refractivity contribution in [2.75, 3.05) is 6.61 Å². The Bertz CT molecular complexity index is 504.